The first-order chi connectivity index (χ1) is 16.5. The van der Waals surface area contributed by atoms with Crippen LogP contribution in [0.5, 0.6) is 0 Å². The molecule has 0 saturated carbocycles. The number of ether oxygens (including phenoxy) is 1. The highest BCUT2D eigenvalue weighted by atomic mass is 16.5. The Morgan fingerprint density at radius 2 is 1.47 bits per heavy atom. The van der Waals surface area contributed by atoms with Gasteiger partial charge in [0.15, 0.2) is 0 Å². The van der Waals surface area contributed by atoms with Crippen LogP contribution >= 0.6 is 0 Å². The molecule has 7 nitrogen and oxygen atoms in total. The average Bonchev–Trinajstić information content (AvgIpc) is 3.19. The van der Waals surface area contributed by atoms with E-state index >= 15 is 0 Å². The maximum atomic E-state index is 12.7. The summed E-state index contributed by atoms with van der Waals surface area (Å²) >= 11 is 0. The smallest absolute Gasteiger partial charge is 0.407 e. The number of aliphatic carboxylic acids is 1. The lowest BCUT2D eigenvalue weighted by atomic mass is 9.90. The van der Waals surface area contributed by atoms with Crippen LogP contribution in [0.2, 0.25) is 0 Å². The molecule has 1 unspecified atom stereocenters. The average molecular weight is 456 g/mol. The molecule has 0 spiro atoms. The van der Waals surface area contributed by atoms with E-state index in [1.807, 2.05) is 48.5 Å². The molecule has 3 aromatic rings. The van der Waals surface area contributed by atoms with Gasteiger partial charge in [0, 0.05) is 19.0 Å². The zero-order valence-corrected chi connectivity index (χ0v) is 18.4. The normalized spacial score (nSPS) is 16.2. The van der Waals surface area contributed by atoms with Crippen LogP contribution in [0.4, 0.5) is 4.79 Å². The molecule has 1 aliphatic carbocycles. The van der Waals surface area contributed by atoms with E-state index in [2.05, 4.69) is 17.4 Å². The molecule has 1 heterocycles. The van der Waals surface area contributed by atoms with E-state index in [0.29, 0.717) is 6.54 Å². The first-order valence-electron chi connectivity index (χ1n) is 11.2. The number of fused-ring (bicyclic) bond motifs is 4. The van der Waals surface area contributed by atoms with E-state index < -0.39 is 18.0 Å². The van der Waals surface area contributed by atoms with Crippen LogP contribution in [0.15, 0.2) is 72.8 Å². The molecule has 0 bridgehead atoms. The van der Waals surface area contributed by atoms with Gasteiger partial charge >= 0.3 is 12.1 Å². The Labute approximate surface area is 197 Å². The molecule has 0 aromatic heterocycles. The van der Waals surface area contributed by atoms with Gasteiger partial charge in [0.05, 0.1) is 5.92 Å². The van der Waals surface area contributed by atoms with Crippen molar-refractivity contribution in [1.29, 1.82) is 0 Å². The molecule has 0 fully saturated rings. The Hall–Kier alpha value is -4.13. The molecular formula is C27H24N2O5. The zero-order chi connectivity index (χ0) is 23.7. The SMILES string of the molecule is O=C(NCC(=O)N1Cc2ccccc2C(C(=O)O)C1)OCC1c2ccccc2-c2ccccc21. The van der Waals surface area contributed by atoms with E-state index in [4.69, 9.17) is 4.74 Å². The molecule has 3 aromatic carbocycles. The van der Waals surface area contributed by atoms with Gasteiger partial charge in [0.2, 0.25) is 5.91 Å². The van der Waals surface area contributed by atoms with Crippen molar-refractivity contribution in [2.45, 2.75) is 18.4 Å². The van der Waals surface area contributed by atoms with Crippen molar-refractivity contribution in [3.63, 3.8) is 0 Å². The minimum atomic E-state index is -0.977. The number of nitrogens with one attached hydrogen (secondary N) is 1. The third-order valence-electron chi connectivity index (χ3n) is 6.57. The number of benzene rings is 3. The lowest BCUT2D eigenvalue weighted by Crippen LogP contribution is -2.45. The van der Waals surface area contributed by atoms with Gasteiger partial charge in [-0.15, -0.1) is 0 Å². The lowest BCUT2D eigenvalue weighted by molar-refractivity contribution is -0.141. The fraction of sp³-hybridized carbons (Fsp3) is 0.222. The minimum absolute atomic E-state index is 0.0660. The van der Waals surface area contributed by atoms with E-state index in [1.54, 1.807) is 12.1 Å². The van der Waals surface area contributed by atoms with Gasteiger partial charge in [-0.05, 0) is 33.4 Å². The van der Waals surface area contributed by atoms with E-state index in [9.17, 15) is 19.5 Å². The van der Waals surface area contributed by atoms with Crippen LogP contribution in [-0.4, -0.2) is 47.7 Å². The zero-order valence-electron chi connectivity index (χ0n) is 18.4. The summed E-state index contributed by atoms with van der Waals surface area (Å²) in [5.74, 6) is -2.18. The Morgan fingerprint density at radius 1 is 0.882 bits per heavy atom. The van der Waals surface area contributed by atoms with Crippen LogP contribution in [0.1, 0.15) is 34.1 Å². The summed E-state index contributed by atoms with van der Waals surface area (Å²) in [6.07, 6.45) is -0.678. The maximum absolute atomic E-state index is 12.7. The number of hydrogen-bond acceptors (Lipinski definition) is 4. The highest BCUT2D eigenvalue weighted by Gasteiger charge is 2.33. The maximum Gasteiger partial charge on any atom is 0.407 e. The third-order valence-corrected chi connectivity index (χ3v) is 6.57. The highest BCUT2D eigenvalue weighted by molar-refractivity contribution is 5.85. The van der Waals surface area contributed by atoms with Crippen LogP contribution < -0.4 is 5.32 Å². The molecule has 1 atom stereocenters. The summed E-state index contributed by atoms with van der Waals surface area (Å²) < 4.78 is 5.48. The van der Waals surface area contributed by atoms with Crippen LogP contribution in [-0.2, 0) is 20.9 Å². The van der Waals surface area contributed by atoms with Gasteiger partial charge < -0.3 is 20.1 Å². The fourth-order valence-corrected chi connectivity index (χ4v) is 4.92. The van der Waals surface area contributed by atoms with Crippen molar-refractivity contribution < 1.29 is 24.2 Å². The van der Waals surface area contributed by atoms with Gasteiger partial charge in [0.25, 0.3) is 0 Å². The van der Waals surface area contributed by atoms with Gasteiger partial charge in [-0.1, -0.05) is 72.8 Å². The van der Waals surface area contributed by atoms with Crippen LogP contribution in [0, 0.1) is 0 Å². The molecule has 5 rings (SSSR count). The number of rotatable bonds is 5. The largest absolute Gasteiger partial charge is 0.481 e. The van der Waals surface area contributed by atoms with Crippen molar-refractivity contribution in [1.82, 2.24) is 10.2 Å². The van der Waals surface area contributed by atoms with Crippen LogP contribution in [0.3, 0.4) is 0 Å². The first-order valence-corrected chi connectivity index (χ1v) is 11.2. The molecule has 2 aliphatic rings. The van der Waals surface area contributed by atoms with Crippen LogP contribution in [0.25, 0.3) is 11.1 Å². The van der Waals surface area contributed by atoms with Crippen molar-refractivity contribution in [3.05, 3.63) is 95.1 Å². The van der Waals surface area contributed by atoms with Gasteiger partial charge in [-0.25, -0.2) is 4.79 Å². The number of carbonyl (C=O) groups excluding carboxylic acids is 2. The van der Waals surface area contributed by atoms with Crippen molar-refractivity contribution >= 4 is 18.0 Å². The fourth-order valence-electron chi connectivity index (χ4n) is 4.92. The summed E-state index contributed by atoms with van der Waals surface area (Å²) in [4.78, 5) is 38.3. The highest BCUT2D eigenvalue weighted by Crippen LogP contribution is 2.44. The van der Waals surface area contributed by atoms with E-state index in [-0.39, 0.29) is 31.5 Å². The summed E-state index contributed by atoms with van der Waals surface area (Å²) in [7, 11) is 0. The molecule has 2 N–H and O–H groups in total. The number of carboxylic acid groups (broad SMARTS) is 1. The quantitative estimate of drug-likeness (QED) is 0.610. The molecule has 172 valence electrons. The number of nitrogens with zero attached hydrogens (tertiary/aromatic N) is 1. The number of alkyl carbamates (subject to hydrolysis) is 1. The third kappa shape index (κ3) is 4.01. The predicted molar refractivity (Wildman–Crippen MR) is 125 cm³/mol. The van der Waals surface area contributed by atoms with Crippen molar-refractivity contribution in [3.8, 4) is 11.1 Å². The van der Waals surface area contributed by atoms with E-state index in [1.165, 1.54) is 4.90 Å². The molecule has 1 aliphatic heterocycles. The topological polar surface area (TPSA) is 95.9 Å². The Morgan fingerprint density at radius 3 is 2.12 bits per heavy atom. The Bertz CT molecular complexity index is 1230. The summed E-state index contributed by atoms with van der Waals surface area (Å²) in [6.45, 7) is 0.278. The van der Waals surface area contributed by atoms with Gasteiger partial charge in [-0.2, -0.15) is 0 Å². The Kier molecular flexibility index (Phi) is 5.76. The molecule has 0 saturated heterocycles. The second kappa shape index (κ2) is 9.02. The minimum Gasteiger partial charge on any atom is -0.481 e. The van der Waals surface area contributed by atoms with Crippen molar-refractivity contribution in [2.75, 3.05) is 19.7 Å². The number of carboxylic acids is 1. The van der Waals surface area contributed by atoms with Crippen molar-refractivity contribution in [2.24, 2.45) is 0 Å². The molecular weight excluding hydrogens is 432 g/mol. The number of amides is 2. The standard InChI is InChI=1S/C27H24N2O5/c30-25(29-14-17-7-1-2-8-18(17)23(15-29)26(31)32)13-28-27(33)34-16-24-21-11-5-3-9-19(21)20-10-4-6-12-22(20)24/h1-12,23-24H,13-16H2,(H,28,33)(H,31,32). The number of hydrogen-bond donors (Lipinski definition) is 2. The number of carbonyl (C=O) groups is 3. The molecule has 0 radical (unpaired) electrons. The second-order valence-electron chi connectivity index (χ2n) is 8.54. The summed E-state index contributed by atoms with van der Waals surface area (Å²) in [5.41, 5.74) is 6.03. The summed E-state index contributed by atoms with van der Waals surface area (Å²) in [5, 5.41) is 12.1. The predicted octanol–water partition coefficient (Wildman–Crippen LogP) is 3.74. The monoisotopic (exact) mass is 456 g/mol. The second-order valence-corrected chi connectivity index (χ2v) is 8.54. The first kappa shape index (κ1) is 21.7. The Balaban J connectivity index is 1.19. The van der Waals surface area contributed by atoms with Gasteiger partial charge in [0.1, 0.15) is 13.2 Å². The summed E-state index contributed by atoms with van der Waals surface area (Å²) in [6, 6.07) is 23.4. The van der Waals surface area contributed by atoms with Gasteiger partial charge in [-0.3, -0.25) is 9.59 Å². The lowest BCUT2D eigenvalue weighted by Gasteiger charge is -2.32. The molecule has 7 heteroatoms. The molecule has 34 heavy (non-hydrogen) atoms. The van der Waals surface area contributed by atoms with E-state index in [0.717, 1.165) is 33.4 Å². The molecule has 2 amide bonds.